The SMILES string of the molecule is CCON(O)Cc1ccc(Nc2ncc(C(F)(F)F)c(Nc3ccc(N(C)C)c4c3C(=O)N(C)C4)n2)cc1. The average molecular weight is 532 g/mol. The molecule has 0 spiro atoms. The second-order valence-corrected chi connectivity index (χ2v) is 8.87. The number of hydrogen-bond donors (Lipinski definition) is 3. The van der Waals surface area contributed by atoms with Crippen molar-refractivity contribution in [3.8, 4) is 0 Å². The molecule has 1 aromatic heterocycles. The number of carbonyl (C=O) groups excluding carboxylic acids is 1. The van der Waals surface area contributed by atoms with Crippen LogP contribution in [0.5, 0.6) is 0 Å². The molecule has 0 aliphatic carbocycles. The van der Waals surface area contributed by atoms with Crippen LogP contribution in [0.15, 0.2) is 42.6 Å². The van der Waals surface area contributed by atoms with E-state index in [2.05, 4.69) is 20.6 Å². The van der Waals surface area contributed by atoms with Crippen LogP contribution in [0.1, 0.15) is 34.0 Å². The molecule has 3 N–H and O–H groups in total. The third-order valence-electron chi connectivity index (χ3n) is 5.88. The highest BCUT2D eigenvalue weighted by Crippen LogP contribution is 2.39. The molecule has 0 radical (unpaired) electrons. The maximum atomic E-state index is 13.8. The van der Waals surface area contributed by atoms with Crippen molar-refractivity contribution in [3.05, 3.63) is 64.8 Å². The molecule has 3 aromatic rings. The number of aromatic nitrogens is 2. The largest absolute Gasteiger partial charge is 0.421 e. The smallest absolute Gasteiger partial charge is 0.377 e. The second-order valence-electron chi connectivity index (χ2n) is 8.87. The van der Waals surface area contributed by atoms with E-state index in [4.69, 9.17) is 4.84 Å². The summed E-state index contributed by atoms with van der Waals surface area (Å²) in [5.74, 6) is -0.851. The number of alkyl halides is 3. The monoisotopic (exact) mass is 531 g/mol. The van der Waals surface area contributed by atoms with Gasteiger partial charge in [-0.3, -0.25) is 14.8 Å². The van der Waals surface area contributed by atoms with E-state index in [-0.39, 0.29) is 24.1 Å². The molecule has 38 heavy (non-hydrogen) atoms. The molecule has 4 rings (SSSR count). The Morgan fingerprint density at radius 1 is 1.13 bits per heavy atom. The van der Waals surface area contributed by atoms with Gasteiger partial charge < -0.3 is 20.4 Å². The van der Waals surface area contributed by atoms with E-state index in [1.807, 2.05) is 19.0 Å². The third kappa shape index (κ3) is 5.79. The topological polar surface area (TPSA) is 106 Å². The van der Waals surface area contributed by atoms with E-state index in [1.54, 1.807) is 50.4 Å². The standard InChI is InChI=1S/C25H28F3N7O3/c1-5-38-35(37)13-15-6-8-16(9-7-15)30-24-29-12-18(25(26,27)28)22(32-24)31-19-10-11-20(33(2)3)17-14-34(4)23(36)21(17)19/h6-12,37H,5,13-14H2,1-4H3,(H2,29,30,31,32). The minimum Gasteiger partial charge on any atom is -0.377 e. The van der Waals surface area contributed by atoms with Gasteiger partial charge in [0.25, 0.3) is 5.91 Å². The molecular weight excluding hydrogens is 503 g/mol. The fraction of sp³-hybridized carbons (Fsp3) is 0.320. The Morgan fingerprint density at radius 3 is 2.47 bits per heavy atom. The summed E-state index contributed by atoms with van der Waals surface area (Å²) < 4.78 is 41.5. The maximum Gasteiger partial charge on any atom is 0.421 e. The highest BCUT2D eigenvalue weighted by Gasteiger charge is 2.37. The minimum atomic E-state index is -4.73. The van der Waals surface area contributed by atoms with Crippen LogP contribution >= 0.6 is 0 Å². The van der Waals surface area contributed by atoms with Crippen LogP contribution in [0.4, 0.5) is 42.0 Å². The quantitative estimate of drug-likeness (QED) is 0.337. The maximum absolute atomic E-state index is 13.8. The van der Waals surface area contributed by atoms with Crippen molar-refractivity contribution in [2.75, 3.05) is 43.3 Å². The molecule has 0 saturated carbocycles. The van der Waals surface area contributed by atoms with Crippen molar-refractivity contribution in [1.29, 1.82) is 0 Å². The number of nitrogens with one attached hydrogen (secondary N) is 2. The minimum absolute atomic E-state index is 0.0728. The molecule has 0 bridgehead atoms. The number of hydrogen-bond acceptors (Lipinski definition) is 9. The lowest BCUT2D eigenvalue weighted by Gasteiger charge is -2.19. The summed E-state index contributed by atoms with van der Waals surface area (Å²) in [4.78, 5) is 29.1. The fourth-order valence-electron chi connectivity index (χ4n) is 4.11. The Morgan fingerprint density at radius 2 is 1.84 bits per heavy atom. The average Bonchev–Trinajstić information content (AvgIpc) is 3.14. The first-order chi connectivity index (χ1) is 18.0. The van der Waals surface area contributed by atoms with Crippen LogP contribution in [0.25, 0.3) is 0 Å². The van der Waals surface area contributed by atoms with Gasteiger partial charge in [0, 0.05) is 50.8 Å². The van der Waals surface area contributed by atoms with Crippen LogP contribution in [0, 0.1) is 0 Å². The van der Waals surface area contributed by atoms with Gasteiger partial charge in [0.05, 0.1) is 24.4 Å². The van der Waals surface area contributed by atoms with Crippen LogP contribution in [-0.4, -0.2) is 59.0 Å². The summed E-state index contributed by atoms with van der Waals surface area (Å²) in [5, 5.41) is 16.0. The lowest BCUT2D eigenvalue weighted by Crippen LogP contribution is -2.19. The first kappa shape index (κ1) is 27.1. The zero-order valence-electron chi connectivity index (χ0n) is 21.3. The highest BCUT2D eigenvalue weighted by atomic mass is 19.4. The van der Waals surface area contributed by atoms with E-state index in [1.165, 1.54) is 4.90 Å². The third-order valence-corrected chi connectivity index (χ3v) is 5.88. The molecule has 2 aromatic carbocycles. The predicted molar refractivity (Wildman–Crippen MR) is 136 cm³/mol. The summed E-state index contributed by atoms with van der Waals surface area (Å²) in [6.45, 7) is 2.52. The van der Waals surface area contributed by atoms with E-state index in [9.17, 15) is 23.2 Å². The number of fused-ring (bicyclic) bond motifs is 1. The molecule has 0 saturated heterocycles. The Balaban J connectivity index is 1.64. The molecular formula is C25H28F3N7O3. The van der Waals surface area contributed by atoms with Gasteiger partial charge in [-0.15, -0.1) is 0 Å². The van der Waals surface area contributed by atoms with Gasteiger partial charge in [0.1, 0.15) is 11.4 Å². The normalized spacial score (nSPS) is 13.2. The Kier molecular flexibility index (Phi) is 7.71. The van der Waals surface area contributed by atoms with Gasteiger partial charge in [-0.25, -0.2) is 4.98 Å². The number of benzene rings is 2. The van der Waals surface area contributed by atoms with Crippen molar-refractivity contribution in [3.63, 3.8) is 0 Å². The summed E-state index contributed by atoms with van der Waals surface area (Å²) >= 11 is 0. The Hall–Kier alpha value is -3.94. The van der Waals surface area contributed by atoms with E-state index < -0.39 is 17.6 Å². The number of nitrogens with zero attached hydrogens (tertiary/aromatic N) is 5. The van der Waals surface area contributed by atoms with E-state index in [0.29, 0.717) is 35.8 Å². The summed E-state index contributed by atoms with van der Waals surface area (Å²) in [6.07, 6.45) is -4.03. The van der Waals surface area contributed by atoms with Gasteiger partial charge in [0.2, 0.25) is 5.95 Å². The van der Waals surface area contributed by atoms with Gasteiger partial charge in [-0.05, 0) is 36.8 Å². The zero-order valence-corrected chi connectivity index (χ0v) is 21.3. The molecule has 202 valence electrons. The molecule has 2 heterocycles. The Bertz CT molecular complexity index is 1320. The molecule has 1 amide bonds. The van der Waals surface area contributed by atoms with Gasteiger partial charge in [0.15, 0.2) is 0 Å². The first-order valence-corrected chi connectivity index (χ1v) is 11.7. The number of amides is 1. The number of carbonyl (C=O) groups is 1. The van der Waals surface area contributed by atoms with Crippen molar-refractivity contribution >= 4 is 34.7 Å². The van der Waals surface area contributed by atoms with Crippen LogP contribution in [-0.2, 0) is 24.1 Å². The van der Waals surface area contributed by atoms with Crippen molar-refractivity contribution in [2.45, 2.75) is 26.2 Å². The van der Waals surface area contributed by atoms with Gasteiger partial charge in [-0.2, -0.15) is 18.2 Å². The lowest BCUT2D eigenvalue weighted by molar-refractivity contribution is -0.345. The summed E-state index contributed by atoms with van der Waals surface area (Å²) in [5.41, 5.74) is 2.25. The lowest BCUT2D eigenvalue weighted by atomic mass is 10.0. The molecule has 0 atom stereocenters. The van der Waals surface area contributed by atoms with Crippen LogP contribution < -0.4 is 15.5 Å². The second kappa shape index (κ2) is 10.8. The highest BCUT2D eigenvalue weighted by molar-refractivity contribution is 6.05. The molecule has 1 aliphatic rings. The molecule has 10 nitrogen and oxygen atoms in total. The van der Waals surface area contributed by atoms with Crippen LogP contribution in [0.3, 0.4) is 0 Å². The number of rotatable bonds is 9. The zero-order chi connectivity index (χ0) is 27.6. The van der Waals surface area contributed by atoms with E-state index in [0.717, 1.165) is 16.8 Å². The Labute approximate surface area is 217 Å². The summed E-state index contributed by atoms with van der Waals surface area (Å²) in [6, 6.07) is 10.1. The van der Waals surface area contributed by atoms with Crippen molar-refractivity contribution < 1.29 is 28.0 Å². The number of anilines is 5. The molecule has 0 fully saturated rings. The molecule has 13 heteroatoms. The molecule has 1 aliphatic heterocycles. The van der Waals surface area contributed by atoms with Crippen LogP contribution in [0.2, 0.25) is 0 Å². The van der Waals surface area contributed by atoms with Crippen molar-refractivity contribution in [2.24, 2.45) is 0 Å². The van der Waals surface area contributed by atoms with Crippen molar-refractivity contribution in [1.82, 2.24) is 20.1 Å². The van der Waals surface area contributed by atoms with Gasteiger partial charge in [-0.1, -0.05) is 17.4 Å². The van der Waals surface area contributed by atoms with E-state index >= 15 is 0 Å². The summed E-state index contributed by atoms with van der Waals surface area (Å²) in [7, 11) is 5.31. The molecule has 0 unspecified atom stereocenters. The number of halogens is 3. The predicted octanol–water partition coefficient (Wildman–Crippen LogP) is 4.78. The first-order valence-electron chi connectivity index (χ1n) is 11.7. The number of hydroxylamine groups is 2. The van der Waals surface area contributed by atoms with Gasteiger partial charge >= 0.3 is 6.18 Å². The fourth-order valence-corrected chi connectivity index (χ4v) is 4.11.